The number of aromatic nitrogens is 1. The highest BCUT2D eigenvalue weighted by Gasteiger charge is 2.14. The summed E-state index contributed by atoms with van der Waals surface area (Å²) in [5.74, 6) is 0. The molecule has 0 aliphatic rings. The Bertz CT molecular complexity index is 636. The molecule has 0 spiro atoms. The van der Waals surface area contributed by atoms with Crippen molar-refractivity contribution in [1.29, 1.82) is 0 Å². The summed E-state index contributed by atoms with van der Waals surface area (Å²) in [4.78, 5) is 4.18. The molecule has 0 atom stereocenters. The predicted molar refractivity (Wildman–Crippen MR) is 71.7 cm³/mol. The maximum absolute atomic E-state index is 12.0. The van der Waals surface area contributed by atoms with Gasteiger partial charge in [0, 0.05) is 11.1 Å². The molecule has 1 aromatic carbocycles. The third-order valence-electron chi connectivity index (χ3n) is 2.49. The van der Waals surface area contributed by atoms with Crippen molar-refractivity contribution >= 4 is 27.0 Å². The highest BCUT2D eigenvalue weighted by atomic mass is 32.2. The molecule has 0 amide bonds. The quantitative estimate of drug-likeness (QED) is 0.833. The fourth-order valence-electron chi connectivity index (χ4n) is 1.36. The van der Waals surface area contributed by atoms with Gasteiger partial charge in [-0.25, -0.2) is 18.1 Å². The summed E-state index contributed by atoms with van der Waals surface area (Å²) in [6.07, 6.45) is 0. The normalized spacial score (nSPS) is 11.6. The molecular formula is C11H13N3O2S2. The van der Waals surface area contributed by atoms with Crippen LogP contribution in [0.2, 0.25) is 0 Å². The van der Waals surface area contributed by atoms with Gasteiger partial charge in [-0.05, 0) is 24.6 Å². The van der Waals surface area contributed by atoms with Gasteiger partial charge >= 0.3 is 0 Å². The van der Waals surface area contributed by atoms with Crippen LogP contribution in [0, 0.1) is 6.92 Å². The number of hydrogen-bond donors (Lipinski definition) is 2. The van der Waals surface area contributed by atoms with Crippen LogP contribution in [0.1, 0.15) is 11.3 Å². The number of rotatable bonds is 4. The molecule has 0 radical (unpaired) electrons. The summed E-state index contributed by atoms with van der Waals surface area (Å²) in [7, 11) is -3.54. The Hall–Kier alpha value is -1.44. The highest BCUT2D eigenvalue weighted by Crippen LogP contribution is 2.17. The van der Waals surface area contributed by atoms with E-state index in [2.05, 4.69) is 9.71 Å². The Morgan fingerprint density at radius 2 is 2.22 bits per heavy atom. The zero-order chi connectivity index (χ0) is 13.2. The summed E-state index contributed by atoms with van der Waals surface area (Å²) in [6, 6.07) is 4.68. The molecule has 0 bridgehead atoms. The van der Waals surface area contributed by atoms with Gasteiger partial charge in [0.25, 0.3) is 0 Å². The van der Waals surface area contributed by atoms with Crippen LogP contribution in [0.15, 0.2) is 34.0 Å². The maximum atomic E-state index is 12.0. The van der Waals surface area contributed by atoms with Gasteiger partial charge in [0.15, 0.2) is 0 Å². The predicted octanol–water partition coefficient (Wildman–Crippen LogP) is 1.51. The van der Waals surface area contributed by atoms with Crippen LogP contribution in [-0.2, 0) is 16.6 Å². The van der Waals surface area contributed by atoms with Gasteiger partial charge in [0.1, 0.15) is 0 Å². The molecule has 1 heterocycles. The van der Waals surface area contributed by atoms with E-state index in [1.165, 1.54) is 23.5 Å². The molecule has 0 aliphatic carbocycles. The molecule has 0 aliphatic heterocycles. The smallest absolute Gasteiger partial charge is 0.240 e. The number of hydrogen-bond acceptors (Lipinski definition) is 5. The van der Waals surface area contributed by atoms with Crippen LogP contribution in [0.5, 0.6) is 0 Å². The van der Waals surface area contributed by atoms with E-state index in [1.807, 2.05) is 6.92 Å². The average Bonchev–Trinajstić information content (AvgIpc) is 2.83. The first-order chi connectivity index (χ1) is 8.49. The van der Waals surface area contributed by atoms with Crippen molar-refractivity contribution in [1.82, 2.24) is 9.71 Å². The van der Waals surface area contributed by atoms with Gasteiger partial charge in [0.2, 0.25) is 10.0 Å². The van der Waals surface area contributed by atoms with Crippen molar-refractivity contribution in [2.75, 3.05) is 5.73 Å². The molecule has 2 rings (SSSR count). The molecule has 96 valence electrons. The summed E-state index contributed by atoms with van der Waals surface area (Å²) < 4.78 is 26.5. The lowest BCUT2D eigenvalue weighted by Crippen LogP contribution is -2.23. The lowest BCUT2D eigenvalue weighted by atomic mass is 10.2. The van der Waals surface area contributed by atoms with Crippen molar-refractivity contribution < 1.29 is 8.42 Å². The summed E-state index contributed by atoms with van der Waals surface area (Å²) in [6.45, 7) is 2.01. The first kappa shape index (κ1) is 13.0. The third-order valence-corrected chi connectivity index (χ3v) is 4.52. The molecular weight excluding hydrogens is 270 g/mol. The second-order valence-corrected chi connectivity index (χ2v) is 6.31. The largest absolute Gasteiger partial charge is 0.398 e. The number of nitrogen functional groups attached to an aromatic ring is 1. The first-order valence-electron chi connectivity index (χ1n) is 5.22. The minimum atomic E-state index is -3.54. The van der Waals surface area contributed by atoms with Crippen molar-refractivity contribution in [2.24, 2.45) is 0 Å². The molecule has 18 heavy (non-hydrogen) atoms. The lowest BCUT2D eigenvalue weighted by Gasteiger charge is -2.07. The Morgan fingerprint density at radius 3 is 2.83 bits per heavy atom. The van der Waals surface area contributed by atoms with Gasteiger partial charge in [0.05, 0.1) is 22.6 Å². The number of sulfonamides is 1. The fourth-order valence-corrected chi connectivity index (χ4v) is 2.96. The molecule has 1 aromatic heterocycles. The van der Waals surface area contributed by atoms with Crippen LogP contribution in [0.3, 0.4) is 0 Å². The van der Waals surface area contributed by atoms with E-state index in [0.29, 0.717) is 11.4 Å². The number of nitrogens with two attached hydrogens (primary N) is 1. The van der Waals surface area contributed by atoms with Gasteiger partial charge in [-0.2, -0.15) is 0 Å². The average molecular weight is 283 g/mol. The summed E-state index contributed by atoms with van der Waals surface area (Å²) >= 11 is 1.42. The molecule has 7 heteroatoms. The SMILES string of the molecule is Cc1ccc(S(=O)(=O)NCc2cscn2)cc1N. The monoisotopic (exact) mass is 283 g/mol. The van der Waals surface area contributed by atoms with Crippen molar-refractivity contribution in [3.8, 4) is 0 Å². The van der Waals surface area contributed by atoms with Gasteiger partial charge < -0.3 is 5.73 Å². The second-order valence-electron chi connectivity index (χ2n) is 3.82. The fraction of sp³-hybridized carbons (Fsp3) is 0.182. The topological polar surface area (TPSA) is 85.1 Å². The van der Waals surface area contributed by atoms with Crippen LogP contribution < -0.4 is 10.5 Å². The minimum absolute atomic E-state index is 0.167. The molecule has 0 saturated heterocycles. The van der Waals surface area contributed by atoms with E-state index < -0.39 is 10.0 Å². The van der Waals surface area contributed by atoms with Gasteiger partial charge in [-0.1, -0.05) is 6.07 Å². The summed E-state index contributed by atoms with van der Waals surface area (Å²) in [5.41, 5.74) is 9.38. The van der Waals surface area contributed by atoms with Gasteiger partial charge in [-0.15, -0.1) is 11.3 Å². The number of aryl methyl sites for hydroxylation is 1. The standard InChI is InChI=1S/C11H13N3O2S2/c1-8-2-3-10(4-11(8)12)18(15,16)14-5-9-6-17-7-13-9/h2-4,6-7,14H,5,12H2,1H3. The lowest BCUT2D eigenvalue weighted by molar-refractivity contribution is 0.580. The van der Waals surface area contributed by atoms with Crippen molar-refractivity contribution in [3.63, 3.8) is 0 Å². The Labute approximate surface area is 110 Å². The number of anilines is 1. The first-order valence-corrected chi connectivity index (χ1v) is 7.64. The number of benzene rings is 1. The van der Waals surface area contributed by atoms with E-state index in [0.717, 1.165) is 5.56 Å². The maximum Gasteiger partial charge on any atom is 0.240 e. The Morgan fingerprint density at radius 1 is 1.44 bits per heavy atom. The molecule has 0 saturated carbocycles. The number of nitrogens with zero attached hydrogens (tertiary/aromatic N) is 1. The zero-order valence-corrected chi connectivity index (χ0v) is 11.4. The number of thiazole rings is 1. The molecule has 5 nitrogen and oxygen atoms in total. The van der Waals surface area contributed by atoms with Crippen molar-refractivity contribution in [2.45, 2.75) is 18.4 Å². The third kappa shape index (κ3) is 2.87. The molecule has 3 N–H and O–H groups in total. The van der Waals surface area contributed by atoms with Crippen LogP contribution in [0.4, 0.5) is 5.69 Å². The zero-order valence-electron chi connectivity index (χ0n) is 9.75. The van der Waals surface area contributed by atoms with E-state index in [4.69, 9.17) is 5.73 Å². The van der Waals surface area contributed by atoms with Crippen LogP contribution >= 0.6 is 11.3 Å². The highest BCUT2D eigenvalue weighted by molar-refractivity contribution is 7.89. The minimum Gasteiger partial charge on any atom is -0.398 e. The van der Waals surface area contributed by atoms with Crippen molar-refractivity contribution in [3.05, 3.63) is 40.3 Å². The van der Waals surface area contributed by atoms with E-state index in [9.17, 15) is 8.42 Å². The van der Waals surface area contributed by atoms with E-state index in [-0.39, 0.29) is 11.4 Å². The second kappa shape index (κ2) is 5.05. The Kier molecular flexibility index (Phi) is 3.65. The molecule has 0 unspecified atom stereocenters. The van der Waals surface area contributed by atoms with E-state index >= 15 is 0 Å². The summed E-state index contributed by atoms with van der Waals surface area (Å²) in [5, 5.41) is 1.80. The molecule has 2 aromatic rings. The number of nitrogens with one attached hydrogen (secondary N) is 1. The molecule has 0 fully saturated rings. The van der Waals surface area contributed by atoms with Gasteiger partial charge in [-0.3, -0.25) is 0 Å². The Balaban J connectivity index is 2.17. The van der Waals surface area contributed by atoms with Crippen LogP contribution in [0.25, 0.3) is 0 Å². The van der Waals surface area contributed by atoms with Crippen LogP contribution in [-0.4, -0.2) is 13.4 Å². The van der Waals surface area contributed by atoms with E-state index in [1.54, 1.807) is 17.0 Å².